The molecule has 0 N–H and O–H groups in total. The second-order valence-electron chi connectivity index (χ2n) is 8.87. The number of rotatable bonds is 9. The number of unbranched alkanes of at least 4 members (excludes halogenated alkanes) is 1. The van der Waals surface area contributed by atoms with Crippen LogP contribution in [0.15, 0.2) is 41.6 Å². The van der Waals surface area contributed by atoms with E-state index in [0.29, 0.717) is 31.3 Å². The van der Waals surface area contributed by atoms with Gasteiger partial charge >= 0.3 is 0 Å². The first-order valence-corrected chi connectivity index (χ1v) is 16.6. The van der Waals surface area contributed by atoms with Crippen LogP contribution in [0.25, 0.3) is 0 Å². The number of amides is 1. The van der Waals surface area contributed by atoms with Gasteiger partial charge in [-0.25, -0.2) is 39.5 Å². The van der Waals surface area contributed by atoms with Crippen LogP contribution >= 0.6 is 0 Å². The Labute approximate surface area is 216 Å². The van der Waals surface area contributed by atoms with Crippen LogP contribution < -0.4 is 8.61 Å². The van der Waals surface area contributed by atoms with Gasteiger partial charge in [-0.1, -0.05) is 0 Å². The number of nitrogens with zero attached hydrogens (tertiary/aromatic N) is 6. The molecule has 0 bridgehead atoms. The third-order valence-corrected chi connectivity index (χ3v) is 11.2. The first kappa shape index (κ1) is 27.2. The van der Waals surface area contributed by atoms with Crippen molar-refractivity contribution in [2.24, 2.45) is 0 Å². The summed E-state index contributed by atoms with van der Waals surface area (Å²) >= 11 is 0. The Morgan fingerprint density at radius 3 is 2.11 bits per heavy atom. The fourth-order valence-corrected chi connectivity index (χ4v) is 9.03. The van der Waals surface area contributed by atoms with Crippen molar-refractivity contribution in [3.05, 3.63) is 42.2 Å². The van der Waals surface area contributed by atoms with Crippen LogP contribution in [0, 0.1) is 0 Å². The number of carbonyl (C=O) groups is 1. The summed E-state index contributed by atoms with van der Waals surface area (Å²) in [6.07, 6.45) is 5.90. The van der Waals surface area contributed by atoms with E-state index in [0.717, 1.165) is 55.2 Å². The van der Waals surface area contributed by atoms with Crippen LogP contribution in [-0.4, -0.2) is 102 Å². The van der Waals surface area contributed by atoms with Crippen molar-refractivity contribution in [1.82, 2.24) is 19.2 Å². The summed E-state index contributed by atoms with van der Waals surface area (Å²) in [6, 6.07) is 4.94. The molecule has 3 heterocycles. The van der Waals surface area contributed by atoms with E-state index in [4.69, 9.17) is 0 Å². The lowest BCUT2D eigenvalue weighted by molar-refractivity contribution is 0.0868. The number of fused-ring (bicyclic) bond motifs is 1. The van der Waals surface area contributed by atoms with Gasteiger partial charge in [0.2, 0.25) is 26.0 Å². The number of aromatic nitrogens is 2. The summed E-state index contributed by atoms with van der Waals surface area (Å²) in [7, 11) is -12.8. The van der Waals surface area contributed by atoms with Crippen molar-refractivity contribution in [3.8, 4) is 0 Å². The molecule has 0 saturated carbocycles. The molecule has 1 aromatic carbocycles. The molecule has 1 saturated heterocycles. The van der Waals surface area contributed by atoms with Crippen molar-refractivity contribution in [2.45, 2.75) is 17.7 Å². The van der Waals surface area contributed by atoms with Crippen molar-refractivity contribution in [2.75, 3.05) is 60.4 Å². The number of sulfonamides is 3. The Bertz CT molecular complexity index is 1460. The van der Waals surface area contributed by atoms with Crippen LogP contribution in [0.5, 0.6) is 0 Å². The molecule has 1 aromatic heterocycles. The van der Waals surface area contributed by atoms with E-state index in [1.807, 2.05) is 0 Å². The lowest BCUT2D eigenvalue weighted by Gasteiger charge is -2.34. The Kier molecular flexibility index (Phi) is 7.47. The molecule has 0 aliphatic carbocycles. The van der Waals surface area contributed by atoms with Gasteiger partial charge in [0.25, 0.3) is 15.9 Å². The lowest BCUT2D eigenvalue weighted by Crippen LogP contribution is -2.47. The topological polar surface area (TPSA) is 158 Å². The highest BCUT2D eigenvalue weighted by Crippen LogP contribution is 2.35. The fraction of sp³-hybridized carbons (Fsp3) is 0.476. The molecular weight excluding hydrogens is 544 g/mol. The standard InChI is InChI=1S/C21H28N6O7S3/c1-35(29,30)27(36(2,31)32)17-6-7-18-19(16-17)37(33,34)26(20(18)28)11-4-3-10-24-12-14-25(15-13-24)21-22-8-5-9-23-21/h5-9,16H,3-4,10-15H2,1-2H3. The monoisotopic (exact) mass is 572 g/mol. The van der Waals surface area contributed by atoms with Crippen LogP contribution in [0.4, 0.5) is 11.6 Å². The molecule has 1 amide bonds. The normalized spacial score (nSPS) is 18.2. The first-order chi connectivity index (χ1) is 17.3. The van der Waals surface area contributed by atoms with Gasteiger partial charge in [-0.15, -0.1) is 0 Å². The molecule has 0 unspecified atom stereocenters. The zero-order valence-electron chi connectivity index (χ0n) is 20.4. The summed E-state index contributed by atoms with van der Waals surface area (Å²) in [6.45, 7) is 3.87. The van der Waals surface area contributed by atoms with Crippen molar-refractivity contribution < 1.29 is 30.0 Å². The number of hydrogen-bond donors (Lipinski definition) is 0. The molecule has 4 rings (SSSR count). The summed E-state index contributed by atoms with van der Waals surface area (Å²) < 4.78 is 75.4. The van der Waals surface area contributed by atoms with E-state index in [2.05, 4.69) is 19.8 Å². The highest BCUT2D eigenvalue weighted by molar-refractivity contribution is 8.09. The Hall–Kier alpha value is -2.82. The summed E-state index contributed by atoms with van der Waals surface area (Å²) in [5, 5.41) is 0. The SMILES string of the molecule is CS(=O)(=O)N(c1ccc2c(c1)S(=O)(=O)N(CCCCN1CCN(c3ncccn3)CC1)C2=O)S(C)(=O)=O. The molecule has 2 aliphatic rings. The molecular formula is C21H28N6O7S3. The molecule has 1 fully saturated rings. The van der Waals surface area contributed by atoms with E-state index in [1.165, 1.54) is 0 Å². The largest absolute Gasteiger partial charge is 0.338 e. The van der Waals surface area contributed by atoms with Gasteiger partial charge in [0.1, 0.15) is 4.90 Å². The lowest BCUT2D eigenvalue weighted by atomic mass is 10.2. The highest BCUT2D eigenvalue weighted by Gasteiger charge is 2.42. The van der Waals surface area contributed by atoms with Crippen molar-refractivity contribution in [3.63, 3.8) is 0 Å². The summed E-state index contributed by atoms with van der Waals surface area (Å²) in [5.74, 6) is -0.0258. The van der Waals surface area contributed by atoms with E-state index < -0.39 is 40.9 Å². The predicted octanol–water partition coefficient (Wildman–Crippen LogP) is -0.0509. The Morgan fingerprint density at radius 1 is 0.919 bits per heavy atom. The van der Waals surface area contributed by atoms with Crippen LogP contribution in [-0.2, 0) is 30.1 Å². The van der Waals surface area contributed by atoms with Gasteiger partial charge in [-0.3, -0.25) is 9.69 Å². The maximum absolute atomic E-state index is 13.1. The highest BCUT2D eigenvalue weighted by atomic mass is 32.3. The van der Waals surface area contributed by atoms with Gasteiger partial charge < -0.3 is 4.90 Å². The predicted molar refractivity (Wildman–Crippen MR) is 137 cm³/mol. The molecule has 13 nitrogen and oxygen atoms in total. The van der Waals surface area contributed by atoms with Crippen LogP contribution in [0.1, 0.15) is 23.2 Å². The number of benzene rings is 1. The summed E-state index contributed by atoms with van der Waals surface area (Å²) in [4.78, 5) is 25.3. The molecule has 0 spiro atoms. The van der Waals surface area contributed by atoms with Gasteiger partial charge in [0.15, 0.2) is 0 Å². The minimum atomic E-state index is -4.27. The molecule has 202 valence electrons. The number of carbonyl (C=O) groups excluding carboxylic acids is 1. The van der Waals surface area contributed by atoms with Gasteiger partial charge in [-0.2, -0.15) is 3.71 Å². The van der Waals surface area contributed by atoms with E-state index in [1.54, 1.807) is 18.5 Å². The van der Waals surface area contributed by atoms with Gasteiger partial charge in [0, 0.05) is 45.1 Å². The maximum atomic E-state index is 13.1. The zero-order valence-corrected chi connectivity index (χ0v) is 22.8. The summed E-state index contributed by atoms with van der Waals surface area (Å²) in [5.41, 5.74) is -0.494. The second-order valence-corrected chi connectivity index (χ2v) is 14.6. The van der Waals surface area contributed by atoms with Crippen molar-refractivity contribution >= 4 is 47.6 Å². The Balaban J connectivity index is 1.37. The van der Waals surface area contributed by atoms with Crippen LogP contribution in [0.3, 0.4) is 0 Å². The van der Waals surface area contributed by atoms with E-state index >= 15 is 0 Å². The molecule has 2 aromatic rings. The third kappa shape index (κ3) is 5.71. The number of piperazine rings is 1. The second kappa shape index (κ2) is 10.2. The molecule has 37 heavy (non-hydrogen) atoms. The maximum Gasteiger partial charge on any atom is 0.269 e. The van der Waals surface area contributed by atoms with Crippen molar-refractivity contribution in [1.29, 1.82) is 0 Å². The fourth-order valence-electron chi connectivity index (χ4n) is 4.44. The van der Waals surface area contributed by atoms with E-state index in [-0.39, 0.29) is 21.5 Å². The zero-order chi connectivity index (χ0) is 27.0. The molecule has 2 aliphatic heterocycles. The number of anilines is 2. The smallest absolute Gasteiger partial charge is 0.269 e. The molecule has 16 heteroatoms. The van der Waals surface area contributed by atoms with E-state index in [9.17, 15) is 30.0 Å². The Morgan fingerprint density at radius 2 is 1.51 bits per heavy atom. The minimum absolute atomic E-state index is 0.0368. The third-order valence-electron chi connectivity index (χ3n) is 6.10. The van der Waals surface area contributed by atoms with Gasteiger partial charge in [0.05, 0.1) is 23.8 Å². The minimum Gasteiger partial charge on any atom is -0.338 e. The molecule has 0 radical (unpaired) electrons. The van der Waals surface area contributed by atoms with Gasteiger partial charge in [-0.05, 0) is 43.7 Å². The molecule has 0 atom stereocenters. The quantitative estimate of drug-likeness (QED) is 0.371. The average Bonchev–Trinajstić information content (AvgIpc) is 3.01. The number of hydrogen-bond acceptors (Lipinski definition) is 11. The average molecular weight is 573 g/mol. The first-order valence-electron chi connectivity index (χ1n) is 11.5. The van der Waals surface area contributed by atoms with Crippen LogP contribution in [0.2, 0.25) is 0 Å².